The zero-order chi connectivity index (χ0) is 18.7. The topological polar surface area (TPSA) is 27.7 Å². The Morgan fingerprint density at radius 2 is 1.84 bits per heavy atom. The molecule has 0 saturated carbocycles. The molecule has 0 fully saturated rings. The molecule has 0 aliphatic heterocycles. The van der Waals surface area contributed by atoms with Crippen LogP contribution in [0.4, 0.5) is 0 Å². The van der Waals surface area contributed by atoms with Crippen molar-refractivity contribution in [3.63, 3.8) is 0 Å². The Kier molecular flexibility index (Phi) is 10.4. The molecular formula is C22H34O3. The Labute approximate surface area is 153 Å². The number of methoxy groups -OCH3 is 1. The van der Waals surface area contributed by atoms with Crippen LogP contribution in [0.15, 0.2) is 54.6 Å². The predicted molar refractivity (Wildman–Crippen MR) is 104 cm³/mol. The Hall–Kier alpha value is -1.42. The lowest BCUT2D eigenvalue weighted by atomic mass is 9.94. The molecule has 0 aliphatic rings. The molecular weight excluding hydrogens is 312 g/mol. The number of rotatable bonds is 12. The summed E-state index contributed by atoms with van der Waals surface area (Å²) in [6.07, 6.45) is 5.25. The van der Waals surface area contributed by atoms with Crippen molar-refractivity contribution in [2.75, 3.05) is 13.9 Å². The molecule has 0 N–H and O–H groups in total. The van der Waals surface area contributed by atoms with Gasteiger partial charge in [0.2, 0.25) is 0 Å². The molecule has 0 spiro atoms. The summed E-state index contributed by atoms with van der Waals surface area (Å²) >= 11 is 0. The summed E-state index contributed by atoms with van der Waals surface area (Å²) < 4.78 is 17.1. The molecule has 0 bridgehead atoms. The highest BCUT2D eigenvalue weighted by Gasteiger charge is 2.23. The van der Waals surface area contributed by atoms with Crippen molar-refractivity contribution in [3.05, 3.63) is 60.2 Å². The van der Waals surface area contributed by atoms with Crippen LogP contribution >= 0.6 is 0 Å². The Morgan fingerprint density at radius 3 is 2.44 bits per heavy atom. The van der Waals surface area contributed by atoms with Crippen molar-refractivity contribution < 1.29 is 14.2 Å². The van der Waals surface area contributed by atoms with Crippen molar-refractivity contribution in [3.8, 4) is 0 Å². The van der Waals surface area contributed by atoms with Crippen LogP contribution in [0.2, 0.25) is 0 Å². The lowest BCUT2D eigenvalue weighted by Crippen LogP contribution is -2.34. The summed E-state index contributed by atoms with van der Waals surface area (Å²) in [6, 6.07) is 10.1. The molecule has 0 aromatic heterocycles. The summed E-state index contributed by atoms with van der Waals surface area (Å²) in [5.74, 6) is 0.760. The van der Waals surface area contributed by atoms with E-state index in [9.17, 15) is 0 Å². The van der Waals surface area contributed by atoms with E-state index < -0.39 is 0 Å². The third kappa shape index (κ3) is 8.48. The summed E-state index contributed by atoms with van der Waals surface area (Å²) in [4.78, 5) is 0. The van der Waals surface area contributed by atoms with Crippen LogP contribution in [0.1, 0.15) is 39.7 Å². The first-order valence-corrected chi connectivity index (χ1v) is 9.03. The van der Waals surface area contributed by atoms with E-state index in [1.54, 1.807) is 7.11 Å². The summed E-state index contributed by atoms with van der Waals surface area (Å²) in [5, 5.41) is 0. The maximum atomic E-state index is 5.83. The largest absolute Gasteiger partial charge is 0.378 e. The van der Waals surface area contributed by atoms with Gasteiger partial charge in [0.05, 0.1) is 18.8 Å². The third-order valence-electron chi connectivity index (χ3n) is 4.37. The van der Waals surface area contributed by atoms with Gasteiger partial charge in [-0.05, 0) is 31.7 Å². The number of hydrogen-bond acceptors (Lipinski definition) is 3. The number of hydrogen-bond donors (Lipinski definition) is 0. The van der Waals surface area contributed by atoms with Gasteiger partial charge >= 0.3 is 0 Å². The fraction of sp³-hybridized carbons (Fsp3) is 0.545. The molecule has 3 heteroatoms. The Morgan fingerprint density at radius 1 is 1.16 bits per heavy atom. The minimum Gasteiger partial charge on any atom is -0.378 e. The van der Waals surface area contributed by atoms with Gasteiger partial charge < -0.3 is 14.2 Å². The standard InChI is InChI=1S/C22H34O3/c1-7-17(2)13-18(3)14-19(4)22(23-6)20(5)25-16-24-15-21-11-9-8-10-12-21/h7-12,14,17,19-20,22H,1,13,15-16H2,2-6H3/b18-14+/t17-,19+,20-,22-/m1/s1. The van der Waals surface area contributed by atoms with Crippen molar-refractivity contribution in [1.29, 1.82) is 0 Å². The molecule has 1 rings (SSSR count). The van der Waals surface area contributed by atoms with Crippen LogP contribution in [0.25, 0.3) is 0 Å². The second-order valence-corrected chi connectivity index (χ2v) is 6.81. The van der Waals surface area contributed by atoms with Gasteiger partial charge in [-0.1, -0.05) is 61.9 Å². The highest BCUT2D eigenvalue weighted by molar-refractivity contribution is 5.13. The minimum absolute atomic E-state index is 0.00527. The predicted octanol–water partition coefficient (Wildman–Crippen LogP) is 5.38. The normalized spacial score (nSPS) is 16.9. The van der Waals surface area contributed by atoms with E-state index in [0.29, 0.717) is 12.5 Å². The first-order chi connectivity index (χ1) is 12.0. The smallest absolute Gasteiger partial charge is 0.147 e. The maximum Gasteiger partial charge on any atom is 0.147 e. The molecule has 140 valence electrons. The van der Waals surface area contributed by atoms with E-state index in [0.717, 1.165) is 12.0 Å². The van der Waals surface area contributed by atoms with E-state index in [1.807, 2.05) is 43.3 Å². The minimum atomic E-state index is -0.0448. The maximum absolute atomic E-state index is 5.83. The Balaban J connectivity index is 2.43. The van der Waals surface area contributed by atoms with Crippen molar-refractivity contribution in [2.24, 2.45) is 11.8 Å². The van der Waals surface area contributed by atoms with Gasteiger partial charge in [-0.2, -0.15) is 0 Å². The monoisotopic (exact) mass is 346 g/mol. The summed E-state index contributed by atoms with van der Waals surface area (Å²) in [7, 11) is 1.74. The van der Waals surface area contributed by atoms with E-state index in [2.05, 4.69) is 33.4 Å². The van der Waals surface area contributed by atoms with Gasteiger partial charge in [0.15, 0.2) is 0 Å². The van der Waals surface area contributed by atoms with Gasteiger partial charge in [-0.25, -0.2) is 0 Å². The van der Waals surface area contributed by atoms with E-state index in [-0.39, 0.29) is 24.9 Å². The van der Waals surface area contributed by atoms with Crippen LogP contribution in [0.3, 0.4) is 0 Å². The molecule has 0 heterocycles. The quantitative estimate of drug-likeness (QED) is 0.289. The average molecular weight is 347 g/mol. The van der Waals surface area contributed by atoms with Crippen molar-refractivity contribution in [1.82, 2.24) is 0 Å². The second kappa shape index (κ2) is 12.0. The van der Waals surface area contributed by atoms with Crippen LogP contribution in [-0.2, 0) is 20.8 Å². The van der Waals surface area contributed by atoms with E-state index in [1.165, 1.54) is 5.57 Å². The first kappa shape index (κ1) is 21.6. The first-order valence-electron chi connectivity index (χ1n) is 9.03. The lowest BCUT2D eigenvalue weighted by Gasteiger charge is -2.27. The molecule has 1 aromatic rings. The highest BCUT2D eigenvalue weighted by Crippen LogP contribution is 2.20. The van der Waals surface area contributed by atoms with Gasteiger partial charge in [0.1, 0.15) is 6.79 Å². The van der Waals surface area contributed by atoms with Gasteiger partial charge in [0, 0.05) is 13.0 Å². The van der Waals surface area contributed by atoms with Crippen LogP contribution in [-0.4, -0.2) is 26.1 Å². The molecule has 4 atom stereocenters. The van der Waals surface area contributed by atoms with Crippen LogP contribution in [0, 0.1) is 11.8 Å². The molecule has 0 amide bonds. The van der Waals surface area contributed by atoms with Gasteiger partial charge in [-0.3, -0.25) is 0 Å². The zero-order valence-corrected chi connectivity index (χ0v) is 16.4. The Bertz CT molecular complexity index is 509. The van der Waals surface area contributed by atoms with Crippen molar-refractivity contribution >= 4 is 0 Å². The molecule has 25 heavy (non-hydrogen) atoms. The second-order valence-electron chi connectivity index (χ2n) is 6.81. The molecule has 1 aromatic carbocycles. The molecule has 0 aliphatic carbocycles. The molecule has 3 nitrogen and oxygen atoms in total. The summed E-state index contributed by atoms with van der Waals surface area (Å²) in [5.41, 5.74) is 2.50. The highest BCUT2D eigenvalue weighted by atomic mass is 16.7. The number of allylic oxidation sites excluding steroid dienone is 2. The SMILES string of the molecule is C=C[C@@H](C)C/C(C)=C/[C@H](C)[C@@H](OC)[C@@H](C)OCOCc1ccccc1. The summed E-state index contributed by atoms with van der Waals surface area (Å²) in [6.45, 7) is 13.2. The molecule has 0 saturated heterocycles. The van der Waals surface area contributed by atoms with Crippen molar-refractivity contribution in [2.45, 2.75) is 52.9 Å². The van der Waals surface area contributed by atoms with Crippen LogP contribution in [0.5, 0.6) is 0 Å². The van der Waals surface area contributed by atoms with E-state index in [4.69, 9.17) is 14.2 Å². The zero-order valence-electron chi connectivity index (χ0n) is 16.4. The average Bonchev–Trinajstić information content (AvgIpc) is 2.60. The number of ether oxygens (including phenoxy) is 3. The lowest BCUT2D eigenvalue weighted by molar-refractivity contribution is -0.135. The van der Waals surface area contributed by atoms with Crippen LogP contribution < -0.4 is 0 Å². The van der Waals surface area contributed by atoms with Gasteiger partial charge in [-0.15, -0.1) is 6.58 Å². The molecule has 0 radical (unpaired) electrons. The number of benzene rings is 1. The van der Waals surface area contributed by atoms with E-state index >= 15 is 0 Å². The van der Waals surface area contributed by atoms with Gasteiger partial charge in [0.25, 0.3) is 0 Å². The fourth-order valence-electron chi connectivity index (χ4n) is 3.02. The third-order valence-corrected chi connectivity index (χ3v) is 4.37. The fourth-order valence-corrected chi connectivity index (χ4v) is 3.02. The molecule has 0 unspecified atom stereocenters.